The third-order valence-electron chi connectivity index (χ3n) is 5.23. The lowest BCUT2D eigenvalue weighted by atomic mass is 9.81. The molecule has 3 rings (SSSR count). The summed E-state index contributed by atoms with van der Waals surface area (Å²) in [7, 11) is 0. The lowest BCUT2D eigenvalue weighted by Gasteiger charge is -2.26. The zero-order valence-corrected chi connectivity index (χ0v) is 15.7. The van der Waals surface area contributed by atoms with E-state index >= 15 is 0 Å². The predicted molar refractivity (Wildman–Crippen MR) is 102 cm³/mol. The van der Waals surface area contributed by atoms with E-state index in [4.69, 9.17) is 0 Å². The maximum Gasteiger partial charge on any atom is 0.0349 e. The fraction of sp³-hybridized carbons (Fsp3) is 0.524. The average molecular weight is 328 g/mol. The van der Waals surface area contributed by atoms with Crippen LogP contribution in [-0.4, -0.2) is 18.0 Å². The summed E-state index contributed by atoms with van der Waals surface area (Å²) in [5.41, 5.74) is 3.22. The normalized spacial score (nSPS) is 17.6. The topological polar surface area (TPSA) is 3.24 Å². The van der Waals surface area contributed by atoms with Gasteiger partial charge in [0.25, 0.3) is 0 Å². The standard InChI is InChI=1S/C21H29NS/c1-16(21(2,3)4)19-11-12-20(23-19)18-10-6-5-9-17(18)15-22-13-7-8-14-22/h5-6,9-12,16H,7-8,13-15H2,1-4H3/t16-/m1/s1. The van der Waals surface area contributed by atoms with Gasteiger partial charge < -0.3 is 0 Å². The van der Waals surface area contributed by atoms with Crippen LogP contribution in [-0.2, 0) is 6.54 Å². The van der Waals surface area contributed by atoms with Gasteiger partial charge in [-0.1, -0.05) is 52.0 Å². The molecule has 2 aromatic rings. The quantitative estimate of drug-likeness (QED) is 0.650. The first-order valence-electron chi connectivity index (χ1n) is 8.85. The van der Waals surface area contributed by atoms with Crippen molar-refractivity contribution < 1.29 is 0 Å². The van der Waals surface area contributed by atoms with E-state index in [0.717, 1.165) is 6.54 Å². The minimum atomic E-state index is 0.317. The Labute approximate surface area is 145 Å². The van der Waals surface area contributed by atoms with Crippen molar-refractivity contribution in [2.75, 3.05) is 13.1 Å². The Bertz CT molecular complexity index is 644. The monoisotopic (exact) mass is 327 g/mol. The molecule has 1 nitrogen and oxygen atoms in total. The summed E-state index contributed by atoms with van der Waals surface area (Å²) >= 11 is 1.97. The summed E-state index contributed by atoms with van der Waals surface area (Å²) in [6, 6.07) is 13.6. The molecule has 124 valence electrons. The summed E-state index contributed by atoms with van der Waals surface area (Å²) in [5, 5.41) is 0. The van der Waals surface area contributed by atoms with Gasteiger partial charge in [0.05, 0.1) is 0 Å². The molecule has 1 saturated heterocycles. The van der Waals surface area contributed by atoms with Gasteiger partial charge in [-0.25, -0.2) is 0 Å². The molecular weight excluding hydrogens is 298 g/mol. The molecule has 1 aliphatic rings. The molecule has 0 N–H and O–H groups in total. The highest BCUT2D eigenvalue weighted by atomic mass is 32.1. The lowest BCUT2D eigenvalue weighted by Crippen LogP contribution is -2.18. The highest BCUT2D eigenvalue weighted by molar-refractivity contribution is 7.15. The molecule has 0 bridgehead atoms. The van der Waals surface area contributed by atoms with E-state index in [2.05, 4.69) is 69.0 Å². The molecule has 0 saturated carbocycles. The van der Waals surface area contributed by atoms with Crippen molar-refractivity contribution in [3.63, 3.8) is 0 Å². The van der Waals surface area contributed by atoms with E-state index in [0.29, 0.717) is 11.3 Å². The predicted octanol–water partition coefficient (Wildman–Crippen LogP) is 6.16. The third kappa shape index (κ3) is 3.87. The molecule has 23 heavy (non-hydrogen) atoms. The Balaban J connectivity index is 1.86. The number of likely N-dealkylation sites (tertiary alicyclic amines) is 1. The molecule has 1 aliphatic heterocycles. The zero-order chi connectivity index (χ0) is 16.4. The largest absolute Gasteiger partial charge is 0.299 e. The van der Waals surface area contributed by atoms with Crippen LogP contribution in [0.1, 0.15) is 56.9 Å². The van der Waals surface area contributed by atoms with E-state index in [-0.39, 0.29) is 0 Å². The summed E-state index contributed by atoms with van der Waals surface area (Å²) in [6.45, 7) is 13.0. The van der Waals surface area contributed by atoms with Crippen LogP contribution in [0.3, 0.4) is 0 Å². The van der Waals surface area contributed by atoms with Crippen LogP contribution in [0.4, 0.5) is 0 Å². The van der Waals surface area contributed by atoms with Gasteiger partial charge in [-0.3, -0.25) is 4.90 Å². The molecule has 0 amide bonds. The van der Waals surface area contributed by atoms with Crippen molar-refractivity contribution >= 4 is 11.3 Å². The van der Waals surface area contributed by atoms with Crippen molar-refractivity contribution in [1.82, 2.24) is 4.90 Å². The van der Waals surface area contributed by atoms with Crippen LogP contribution < -0.4 is 0 Å². The number of hydrogen-bond acceptors (Lipinski definition) is 2. The maximum absolute atomic E-state index is 2.59. The molecule has 0 radical (unpaired) electrons. The zero-order valence-electron chi connectivity index (χ0n) is 14.9. The van der Waals surface area contributed by atoms with E-state index in [1.54, 1.807) is 0 Å². The minimum absolute atomic E-state index is 0.317. The summed E-state index contributed by atoms with van der Waals surface area (Å²) in [5.74, 6) is 0.590. The van der Waals surface area contributed by atoms with Crippen molar-refractivity contribution in [1.29, 1.82) is 0 Å². The Morgan fingerprint density at radius 1 is 1.04 bits per heavy atom. The van der Waals surface area contributed by atoms with Gasteiger partial charge in [0.15, 0.2) is 0 Å². The molecule has 1 aromatic heterocycles. The molecule has 0 spiro atoms. The van der Waals surface area contributed by atoms with Crippen LogP contribution in [0, 0.1) is 5.41 Å². The van der Waals surface area contributed by atoms with Gasteiger partial charge in [-0.15, -0.1) is 11.3 Å². The molecule has 1 fully saturated rings. The molecule has 1 atom stereocenters. The first kappa shape index (κ1) is 16.7. The van der Waals surface area contributed by atoms with Gasteiger partial charge in [0.1, 0.15) is 0 Å². The first-order chi connectivity index (χ1) is 10.9. The highest BCUT2D eigenvalue weighted by Gasteiger charge is 2.23. The van der Waals surface area contributed by atoms with Gasteiger partial charge in [-0.05, 0) is 60.5 Å². The molecule has 0 unspecified atom stereocenters. The number of benzene rings is 1. The van der Waals surface area contributed by atoms with Gasteiger partial charge >= 0.3 is 0 Å². The van der Waals surface area contributed by atoms with Gasteiger partial charge in [0, 0.05) is 16.3 Å². The first-order valence-corrected chi connectivity index (χ1v) is 9.67. The summed E-state index contributed by atoms with van der Waals surface area (Å²) in [6.07, 6.45) is 2.71. The van der Waals surface area contributed by atoms with E-state index in [9.17, 15) is 0 Å². The number of nitrogens with zero attached hydrogens (tertiary/aromatic N) is 1. The molecule has 2 heteroatoms. The van der Waals surface area contributed by atoms with Crippen LogP contribution in [0.2, 0.25) is 0 Å². The molecule has 2 heterocycles. The van der Waals surface area contributed by atoms with Crippen molar-refractivity contribution in [3.05, 3.63) is 46.8 Å². The third-order valence-corrected chi connectivity index (χ3v) is 6.53. The maximum atomic E-state index is 2.59. The number of rotatable bonds is 4. The fourth-order valence-electron chi connectivity index (χ4n) is 3.24. The van der Waals surface area contributed by atoms with Crippen molar-refractivity contribution in [2.24, 2.45) is 5.41 Å². The van der Waals surface area contributed by atoms with Gasteiger partial charge in [0.2, 0.25) is 0 Å². The Kier molecular flexibility index (Phi) is 4.93. The highest BCUT2D eigenvalue weighted by Crippen LogP contribution is 2.41. The second kappa shape index (κ2) is 6.78. The second-order valence-corrected chi connectivity index (χ2v) is 9.05. The number of thiophene rings is 1. The molecular formula is C21H29NS. The SMILES string of the molecule is C[C@H](c1ccc(-c2ccccc2CN2CCCC2)s1)C(C)(C)C. The van der Waals surface area contributed by atoms with Crippen LogP contribution >= 0.6 is 11.3 Å². The van der Waals surface area contributed by atoms with Crippen LogP contribution in [0.5, 0.6) is 0 Å². The summed E-state index contributed by atoms with van der Waals surface area (Å²) in [4.78, 5) is 5.51. The van der Waals surface area contributed by atoms with Crippen LogP contribution in [0.25, 0.3) is 10.4 Å². The van der Waals surface area contributed by atoms with E-state index < -0.39 is 0 Å². The van der Waals surface area contributed by atoms with E-state index in [1.807, 2.05) is 11.3 Å². The smallest absolute Gasteiger partial charge is 0.0349 e. The van der Waals surface area contributed by atoms with Crippen molar-refractivity contribution in [2.45, 2.75) is 53.0 Å². The Hall–Kier alpha value is -1.12. The van der Waals surface area contributed by atoms with Gasteiger partial charge in [-0.2, -0.15) is 0 Å². The Morgan fingerprint density at radius 3 is 2.43 bits per heavy atom. The van der Waals surface area contributed by atoms with Crippen molar-refractivity contribution in [3.8, 4) is 10.4 Å². The lowest BCUT2D eigenvalue weighted by molar-refractivity contribution is 0.332. The fourth-order valence-corrected chi connectivity index (χ4v) is 4.60. The van der Waals surface area contributed by atoms with Crippen LogP contribution in [0.15, 0.2) is 36.4 Å². The minimum Gasteiger partial charge on any atom is -0.299 e. The molecule has 0 aliphatic carbocycles. The second-order valence-electron chi connectivity index (χ2n) is 7.93. The number of hydrogen-bond donors (Lipinski definition) is 0. The Morgan fingerprint density at radius 2 is 1.74 bits per heavy atom. The summed E-state index contributed by atoms with van der Waals surface area (Å²) < 4.78 is 0. The van der Waals surface area contributed by atoms with E-state index in [1.165, 1.54) is 46.8 Å². The molecule has 1 aromatic carbocycles. The average Bonchev–Trinajstić information content (AvgIpc) is 3.17.